The maximum absolute atomic E-state index is 12.9. The molecule has 3 nitrogen and oxygen atoms in total. The van der Waals surface area contributed by atoms with Crippen LogP contribution in [0.25, 0.3) is 0 Å². The molecule has 1 unspecified atom stereocenters. The molecule has 0 amide bonds. The Bertz CT molecular complexity index is 438. The Balaban J connectivity index is 2.98. The molecule has 1 N–H and O–H groups in total. The molecular formula is C11H16FNO2S. The molecular weight excluding hydrogens is 229 g/mol. The van der Waals surface area contributed by atoms with Crippen molar-refractivity contribution in [2.24, 2.45) is 0 Å². The van der Waals surface area contributed by atoms with Crippen molar-refractivity contribution in [3.8, 4) is 0 Å². The van der Waals surface area contributed by atoms with Crippen LogP contribution in [0.5, 0.6) is 0 Å². The van der Waals surface area contributed by atoms with Gasteiger partial charge in [0.05, 0.1) is 4.90 Å². The van der Waals surface area contributed by atoms with E-state index >= 15 is 0 Å². The Morgan fingerprint density at radius 1 is 1.12 bits per heavy atom. The number of benzene rings is 1. The molecule has 1 aromatic rings. The van der Waals surface area contributed by atoms with E-state index in [2.05, 4.69) is 4.72 Å². The lowest BCUT2D eigenvalue weighted by Crippen LogP contribution is -2.30. The fraction of sp³-hybridized carbons (Fsp3) is 0.455. The minimum Gasteiger partial charge on any atom is -0.243 e. The van der Waals surface area contributed by atoms with Crippen molar-refractivity contribution in [1.29, 1.82) is 0 Å². The van der Waals surface area contributed by atoms with E-state index < -0.39 is 16.2 Å². The fourth-order valence-corrected chi connectivity index (χ4v) is 2.54. The molecule has 0 radical (unpaired) electrons. The fourth-order valence-electron chi connectivity index (χ4n) is 1.29. The molecule has 5 heteroatoms. The molecule has 0 bridgehead atoms. The van der Waals surface area contributed by atoms with E-state index in [1.807, 2.05) is 0 Å². The average Bonchev–Trinajstić information content (AvgIpc) is 2.16. The second kappa shape index (κ2) is 4.93. The average molecular weight is 245 g/mol. The van der Waals surface area contributed by atoms with Crippen LogP contribution in [-0.2, 0) is 10.0 Å². The molecule has 1 aromatic carbocycles. The van der Waals surface area contributed by atoms with E-state index in [1.165, 1.54) is 31.2 Å². The van der Waals surface area contributed by atoms with Gasteiger partial charge in [-0.15, -0.1) is 0 Å². The van der Waals surface area contributed by atoms with Crippen molar-refractivity contribution < 1.29 is 12.8 Å². The van der Waals surface area contributed by atoms with E-state index in [0.29, 0.717) is 5.56 Å². The normalized spacial score (nSPS) is 14.1. The number of sulfonamides is 1. The molecule has 0 aliphatic rings. The van der Waals surface area contributed by atoms with E-state index in [0.717, 1.165) is 0 Å². The number of nitrogens with one attached hydrogen (secondary N) is 1. The van der Waals surface area contributed by atoms with Crippen molar-refractivity contribution >= 4 is 10.0 Å². The highest BCUT2D eigenvalue weighted by atomic mass is 32.2. The van der Waals surface area contributed by atoms with Crippen LogP contribution in [0.2, 0.25) is 0 Å². The van der Waals surface area contributed by atoms with Crippen molar-refractivity contribution in [1.82, 2.24) is 4.72 Å². The van der Waals surface area contributed by atoms with Crippen molar-refractivity contribution in [3.05, 3.63) is 29.8 Å². The van der Waals surface area contributed by atoms with Gasteiger partial charge < -0.3 is 0 Å². The molecule has 16 heavy (non-hydrogen) atoms. The molecule has 90 valence electrons. The Labute approximate surface area is 95.7 Å². The van der Waals surface area contributed by atoms with E-state index in [4.69, 9.17) is 0 Å². The van der Waals surface area contributed by atoms with Crippen LogP contribution in [-0.4, -0.2) is 14.5 Å². The van der Waals surface area contributed by atoms with E-state index in [9.17, 15) is 12.8 Å². The summed E-state index contributed by atoms with van der Waals surface area (Å²) in [4.78, 5) is 0.158. The molecule has 1 atom stereocenters. The first-order chi connectivity index (χ1) is 7.33. The summed E-state index contributed by atoms with van der Waals surface area (Å²) in [6, 6.07) is 5.63. The van der Waals surface area contributed by atoms with Gasteiger partial charge in [0.2, 0.25) is 10.0 Å². The number of alkyl halides is 1. The summed E-state index contributed by atoms with van der Waals surface area (Å²) >= 11 is 0. The first-order valence-corrected chi connectivity index (χ1v) is 6.57. The third kappa shape index (κ3) is 3.28. The zero-order valence-electron chi connectivity index (χ0n) is 9.57. The minimum atomic E-state index is -3.47. The van der Waals surface area contributed by atoms with Gasteiger partial charge in [0, 0.05) is 6.04 Å². The van der Waals surface area contributed by atoms with Crippen LogP contribution < -0.4 is 4.72 Å². The van der Waals surface area contributed by atoms with Crippen molar-refractivity contribution in [2.75, 3.05) is 0 Å². The quantitative estimate of drug-likeness (QED) is 0.885. The smallest absolute Gasteiger partial charge is 0.240 e. The van der Waals surface area contributed by atoms with Crippen LogP contribution in [0, 0.1) is 0 Å². The molecule has 0 fully saturated rings. The predicted octanol–water partition coefficient (Wildman–Crippen LogP) is 2.40. The van der Waals surface area contributed by atoms with Gasteiger partial charge in [0.15, 0.2) is 0 Å². The van der Waals surface area contributed by atoms with Crippen LogP contribution in [0.1, 0.15) is 32.5 Å². The largest absolute Gasteiger partial charge is 0.243 e. The Kier molecular flexibility index (Phi) is 4.04. The summed E-state index contributed by atoms with van der Waals surface area (Å²) in [5.74, 6) is 0. The third-order valence-electron chi connectivity index (χ3n) is 2.04. The van der Waals surface area contributed by atoms with Gasteiger partial charge in [-0.2, -0.15) is 0 Å². The maximum atomic E-state index is 12.9. The molecule has 0 saturated carbocycles. The first-order valence-electron chi connectivity index (χ1n) is 5.09. The van der Waals surface area contributed by atoms with Crippen LogP contribution >= 0.6 is 0 Å². The Morgan fingerprint density at radius 3 is 2.00 bits per heavy atom. The molecule has 0 aromatic heterocycles. The van der Waals surface area contributed by atoms with Crippen LogP contribution in [0.3, 0.4) is 0 Å². The van der Waals surface area contributed by atoms with Crippen molar-refractivity contribution in [3.63, 3.8) is 0 Å². The molecule has 0 saturated heterocycles. The number of hydrogen-bond donors (Lipinski definition) is 1. The zero-order chi connectivity index (χ0) is 12.3. The standard InChI is InChI=1S/C11H16FNO2S/c1-8(2)13-16(14,15)11-6-4-10(5-7-11)9(3)12/h4-9,13H,1-3H3. The second-order valence-electron chi connectivity index (χ2n) is 3.96. The number of rotatable bonds is 4. The summed E-state index contributed by atoms with van der Waals surface area (Å²) in [5.41, 5.74) is 0.475. The van der Waals surface area contributed by atoms with Crippen molar-refractivity contribution in [2.45, 2.75) is 37.9 Å². The lowest BCUT2D eigenvalue weighted by molar-refractivity contribution is 0.374. The highest BCUT2D eigenvalue weighted by Gasteiger charge is 2.15. The predicted molar refractivity (Wildman–Crippen MR) is 61.4 cm³/mol. The highest BCUT2D eigenvalue weighted by molar-refractivity contribution is 7.89. The number of hydrogen-bond acceptors (Lipinski definition) is 2. The molecule has 0 aliphatic carbocycles. The summed E-state index contributed by atoms with van der Waals surface area (Å²) in [6.45, 7) is 4.90. The van der Waals surface area contributed by atoms with Gasteiger partial charge in [0.25, 0.3) is 0 Å². The topological polar surface area (TPSA) is 46.2 Å². The first kappa shape index (κ1) is 13.1. The summed E-state index contributed by atoms with van der Waals surface area (Å²) in [7, 11) is -3.47. The van der Waals surface area contributed by atoms with Crippen LogP contribution in [0.15, 0.2) is 29.2 Å². The SMILES string of the molecule is CC(C)NS(=O)(=O)c1ccc(C(C)F)cc1. The lowest BCUT2D eigenvalue weighted by Gasteiger charge is -2.10. The van der Waals surface area contributed by atoms with E-state index in [-0.39, 0.29) is 10.9 Å². The second-order valence-corrected chi connectivity index (χ2v) is 5.68. The van der Waals surface area contributed by atoms with Gasteiger partial charge in [-0.25, -0.2) is 17.5 Å². The maximum Gasteiger partial charge on any atom is 0.240 e. The minimum absolute atomic E-state index is 0.158. The molecule has 1 rings (SSSR count). The Morgan fingerprint density at radius 2 is 1.62 bits per heavy atom. The molecule has 0 heterocycles. The van der Waals surface area contributed by atoms with Crippen LogP contribution in [0.4, 0.5) is 4.39 Å². The Hall–Kier alpha value is -0.940. The zero-order valence-corrected chi connectivity index (χ0v) is 10.4. The van der Waals surface area contributed by atoms with E-state index in [1.54, 1.807) is 13.8 Å². The lowest BCUT2D eigenvalue weighted by atomic mass is 10.1. The summed E-state index contributed by atoms with van der Waals surface area (Å²) in [6.07, 6.45) is -1.09. The monoisotopic (exact) mass is 245 g/mol. The van der Waals surface area contributed by atoms with Gasteiger partial charge in [-0.3, -0.25) is 0 Å². The summed E-state index contributed by atoms with van der Waals surface area (Å²) < 4.78 is 38.8. The highest BCUT2D eigenvalue weighted by Crippen LogP contribution is 2.18. The molecule has 0 spiro atoms. The third-order valence-corrected chi connectivity index (χ3v) is 3.72. The van der Waals surface area contributed by atoms with Gasteiger partial charge in [0.1, 0.15) is 6.17 Å². The van der Waals surface area contributed by atoms with Gasteiger partial charge >= 0.3 is 0 Å². The van der Waals surface area contributed by atoms with Gasteiger partial charge in [-0.1, -0.05) is 12.1 Å². The van der Waals surface area contributed by atoms with Gasteiger partial charge in [-0.05, 0) is 38.5 Å². The molecule has 0 aliphatic heterocycles. The summed E-state index contributed by atoms with van der Waals surface area (Å²) in [5, 5.41) is 0. The number of halogens is 1.